The molecule has 0 N–H and O–H groups in total. The van der Waals surface area contributed by atoms with Crippen LogP contribution in [0.5, 0.6) is 0 Å². The van der Waals surface area contributed by atoms with Gasteiger partial charge in [-0.1, -0.05) is 33.1 Å². The lowest BCUT2D eigenvalue weighted by molar-refractivity contribution is -0.141. The summed E-state index contributed by atoms with van der Waals surface area (Å²) in [6, 6.07) is 4.54. The first-order chi connectivity index (χ1) is 14.7. The number of esters is 1. The highest BCUT2D eigenvalue weighted by Crippen LogP contribution is 2.26. The van der Waals surface area contributed by atoms with Crippen molar-refractivity contribution >= 4 is 23.7 Å². The Balaban J connectivity index is 1.66. The molecule has 1 aromatic carbocycles. The van der Waals surface area contributed by atoms with Gasteiger partial charge in [0.2, 0.25) is 0 Å². The molecule has 7 heteroatoms. The van der Waals surface area contributed by atoms with E-state index in [-0.39, 0.29) is 29.0 Å². The number of amides is 3. The zero-order valence-electron chi connectivity index (χ0n) is 18.8. The van der Waals surface area contributed by atoms with Crippen LogP contribution in [0.1, 0.15) is 90.4 Å². The molecule has 0 saturated heterocycles. The van der Waals surface area contributed by atoms with Gasteiger partial charge in [0.25, 0.3) is 17.7 Å². The molecule has 0 unspecified atom stereocenters. The third-order valence-electron chi connectivity index (χ3n) is 6.24. The predicted molar refractivity (Wildman–Crippen MR) is 116 cm³/mol. The van der Waals surface area contributed by atoms with Crippen LogP contribution in [-0.2, 0) is 9.53 Å². The van der Waals surface area contributed by atoms with Crippen molar-refractivity contribution in [2.24, 2.45) is 5.92 Å². The third-order valence-corrected chi connectivity index (χ3v) is 6.24. The van der Waals surface area contributed by atoms with Gasteiger partial charge in [0, 0.05) is 19.6 Å². The average molecular weight is 429 g/mol. The van der Waals surface area contributed by atoms with Crippen LogP contribution in [-0.4, -0.2) is 59.2 Å². The minimum atomic E-state index is -0.924. The highest BCUT2D eigenvalue weighted by atomic mass is 16.5. The number of likely N-dealkylation sites (N-methyl/N-ethyl adjacent to an activating group) is 1. The molecule has 1 atom stereocenters. The second-order valence-electron chi connectivity index (χ2n) is 8.99. The minimum Gasteiger partial charge on any atom is -0.449 e. The van der Waals surface area contributed by atoms with Crippen LogP contribution in [0.2, 0.25) is 0 Å². The lowest BCUT2D eigenvalue weighted by Crippen LogP contribution is -2.44. The second-order valence-corrected chi connectivity index (χ2v) is 8.99. The molecule has 1 fully saturated rings. The number of benzene rings is 1. The summed E-state index contributed by atoms with van der Waals surface area (Å²) in [5.41, 5.74) is 0.665. The first-order valence-electron chi connectivity index (χ1n) is 11.2. The quantitative estimate of drug-likeness (QED) is 0.489. The Labute approximate surface area is 183 Å². The van der Waals surface area contributed by atoms with Crippen LogP contribution >= 0.6 is 0 Å². The Hall–Kier alpha value is -2.70. The summed E-state index contributed by atoms with van der Waals surface area (Å²) in [5, 5.41) is 0. The normalized spacial score (nSPS) is 17.6. The molecule has 0 bridgehead atoms. The fourth-order valence-corrected chi connectivity index (χ4v) is 4.22. The van der Waals surface area contributed by atoms with Gasteiger partial charge in [-0.3, -0.25) is 19.3 Å². The number of hydrogen-bond donors (Lipinski definition) is 0. The molecule has 0 spiro atoms. The van der Waals surface area contributed by atoms with Crippen molar-refractivity contribution in [2.75, 3.05) is 13.6 Å². The van der Waals surface area contributed by atoms with Crippen molar-refractivity contribution in [3.8, 4) is 0 Å². The van der Waals surface area contributed by atoms with E-state index in [4.69, 9.17) is 4.74 Å². The van der Waals surface area contributed by atoms with Crippen molar-refractivity contribution < 1.29 is 23.9 Å². The number of rotatable bonds is 7. The molecule has 1 aliphatic carbocycles. The van der Waals surface area contributed by atoms with Crippen LogP contribution in [0.15, 0.2) is 18.2 Å². The van der Waals surface area contributed by atoms with Crippen molar-refractivity contribution in [1.82, 2.24) is 9.80 Å². The molecule has 1 aliphatic heterocycles. The van der Waals surface area contributed by atoms with Gasteiger partial charge in [0.05, 0.1) is 16.7 Å². The van der Waals surface area contributed by atoms with Gasteiger partial charge in [-0.15, -0.1) is 0 Å². The predicted octanol–water partition coefficient (Wildman–Crippen LogP) is 3.67. The molecular weight excluding hydrogens is 396 g/mol. The fourth-order valence-electron chi connectivity index (χ4n) is 4.22. The summed E-state index contributed by atoms with van der Waals surface area (Å²) in [6.45, 7) is 5.97. The molecule has 3 amide bonds. The van der Waals surface area contributed by atoms with E-state index in [1.54, 1.807) is 18.9 Å². The summed E-state index contributed by atoms with van der Waals surface area (Å²) in [4.78, 5) is 53.5. The summed E-state index contributed by atoms with van der Waals surface area (Å²) in [6.07, 6.45) is 5.13. The Bertz CT molecular complexity index is 873. The number of hydrogen-bond acceptors (Lipinski definition) is 5. The molecule has 1 saturated carbocycles. The van der Waals surface area contributed by atoms with Gasteiger partial charge in [0.15, 0.2) is 6.10 Å². The molecule has 0 radical (unpaired) electrons. The Morgan fingerprint density at radius 3 is 2.35 bits per heavy atom. The minimum absolute atomic E-state index is 0.158. The average Bonchev–Trinajstić information content (AvgIpc) is 3.00. The highest BCUT2D eigenvalue weighted by Gasteiger charge is 2.36. The van der Waals surface area contributed by atoms with E-state index in [9.17, 15) is 19.2 Å². The van der Waals surface area contributed by atoms with E-state index in [1.165, 1.54) is 29.5 Å². The van der Waals surface area contributed by atoms with Crippen molar-refractivity contribution in [2.45, 2.75) is 71.4 Å². The molecule has 7 nitrogen and oxygen atoms in total. The van der Waals surface area contributed by atoms with E-state index in [2.05, 4.69) is 0 Å². The highest BCUT2D eigenvalue weighted by molar-refractivity contribution is 6.22. The van der Waals surface area contributed by atoms with Crippen LogP contribution in [0.3, 0.4) is 0 Å². The lowest BCUT2D eigenvalue weighted by Gasteiger charge is -2.32. The summed E-state index contributed by atoms with van der Waals surface area (Å²) >= 11 is 0. The van der Waals surface area contributed by atoms with Gasteiger partial charge in [0.1, 0.15) is 0 Å². The first-order valence-corrected chi connectivity index (χ1v) is 11.2. The standard InChI is InChI=1S/C24H32N2O5/c1-15(2)12-13-26-22(28)19-11-10-17(14-20(19)23(26)29)24(30)31-16(3)21(27)25(4)18-8-6-5-7-9-18/h10-11,14-16,18H,5-9,12-13H2,1-4H3/t16-/m1/s1. The van der Waals surface area contributed by atoms with Gasteiger partial charge in [-0.25, -0.2) is 4.79 Å². The summed E-state index contributed by atoms with van der Waals surface area (Å²) < 4.78 is 5.40. The number of ether oxygens (including phenoxy) is 1. The van der Waals surface area contributed by atoms with Crippen molar-refractivity contribution in [1.29, 1.82) is 0 Å². The topological polar surface area (TPSA) is 84.0 Å². The number of fused-ring (bicyclic) bond motifs is 1. The molecule has 0 aromatic heterocycles. The first kappa shape index (κ1) is 23.0. The van der Waals surface area contributed by atoms with Gasteiger partial charge in [-0.2, -0.15) is 0 Å². The molecule has 1 heterocycles. The maximum Gasteiger partial charge on any atom is 0.338 e. The number of carbonyl (C=O) groups is 4. The molecular formula is C24H32N2O5. The zero-order chi connectivity index (χ0) is 22.7. The van der Waals surface area contributed by atoms with Crippen LogP contribution in [0, 0.1) is 5.92 Å². The van der Waals surface area contributed by atoms with Gasteiger partial charge in [-0.05, 0) is 50.3 Å². The maximum atomic E-state index is 12.7. The van der Waals surface area contributed by atoms with Crippen LogP contribution < -0.4 is 0 Å². The second kappa shape index (κ2) is 9.62. The number of carbonyl (C=O) groups excluding carboxylic acids is 4. The van der Waals surface area contributed by atoms with E-state index >= 15 is 0 Å². The van der Waals surface area contributed by atoms with E-state index in [0.717, 1.165) is 25.7 Å². The zero-order valence-corrected chi connectivity index (χ0v) is 18.8. The molecule has 3 rings (SSSR count). The smallest absolute Gasteiger partial charge is 0.338 e. The van der Waals surface area contributed by atoms with E-state index in [1.807, 2.05) is 13.8 Å². The van der Waals surface area contributed by atoms with Crippen LogP contribution in [0.25, 0.3) is 0 Å². The van der Waals surface area contributed by atoms with Gasteiger partial charge < -0.3 is 9.64 Å². The van der Waals surface area contributed by atoms with Crippen molar-refractivity contribution in [3.05, 3.63) is 34.9 Å². The number of imide groups is 1. The lowest BCUT2D eigenvalue weighted by atomic mass is 9.94. The molecule has 168 valence electrons. The summed E-state index contributed by atoms with van der Waals surface area (Å²) in [5.74, 6) is -1.27. The van der Waals surface area contributed by atoms with Gasteiger partial charge >= 0.3 is 5.97 Å². The molecule has 31 heavy (non-hydrogen) atoms. The van der Waals surface area contributed by atoms with Crippen molar-refractivity contribution in [3.63, 3.8) is 0 Å². The monoisotopic (exact) mass is 428 g/mol. The Morgan fingerprint density at radius 2 is 1.71 bits per heavy atom. The molecule has 2 aliphatic rings. The Morgan fingerprint density at radius 1 is 1.06 bits per heavy atom. The van der Waals surface area contributed by atoms with Crippen LogP contribution in [0.4, 0.5) is 0 Å². The maximum absolute atomic E-state index is 12.7. The molecule has 1 aromatic rings. The fraction of sp³-hybridized carbons (Fsp3) is 0.583. The largest absolute Gasteiger partial charge is 0.449 e. The third kappa shape index (κ3) is 4.97. The SMILES string of the molecule is CC(C)CCN1C(=O)c2ccc(C(=O)O[C@H](C)C(=O)N(C)C3CCCCC3)cc2C1=O. The number of nitrogens with zero attached hydrogens (tertiary/aromatic N) is 2. The van der Waals surface area contributed by atoms with E-state index in [0.29, 0.717) is 24.4 Å². The summed E-state index contributed by atoms with van der Waals surface area (Å²) in [7, 11) is 1.76. The van der Waals surface area contributed by atoms with E-state index < -0.39 is 18.0 Å². The Kier molecular flexibility index (Phi) is 7.13.